The predicted molar refractivity (Wildman–Crippen MR) is 84.9 cm³/mol. The van der Waals surface area contributed by atoms with E-state index < -0.39 is 0 Å². The molecule has 0 bridgehead atoms. The van der Waals surface area contributed by atoms with Gasteiger partial charge in [-0.15, -0.1) is 0 Å². The fraction of sp³-hybridized carbons (Fsp3) is 0.765. The van der Waals surface area contributed by atoms with E-state index in [0.29, 0.717) is 23.4 Å². The highest BCUT2D eigenvalue weighted by molar-refractivity contribution is 5.96. The van der Waals surface area contributed by atoms with Crippen molar-refractivity contribution in [3.8, 4) is 0 Å². The number of carbonyl (C=O) groups is 1. The van der Waals surface area contributed by atoms with Crippen molar-refractivity contribution in [3.05, 3.63) is 17.0 Å². The lowest BCUT2D eigenvalue weighted by molar-refractivity contribution is 0.0647. The van der Waals surface area contributed by atoms with Crippen molar-refractivity contribution in [1.29, 1.82) is 0 Å². The highest BCUT2D eigenvalue weighted by Gasteiger charge is 2.40. The summed E-state index contributed by atoms with van der Waals surface area (Å²) in [5, 5.41) is 4.05. The SMILES string of the molecule is CCc1noc(C)c1C(=O)N1CCC[C@@H]1[C@@H]1CCCN1CC. The Morgan fingerprint density at radius 2 is 1.95 bits per heavy atom. The van der Waals surface area contributed by atoms with Gasteiger partial charge in [0.1, 0.15) is 11.3 Å². The van der Waals surface area contributed by atoms with Gasteiger partial charge in [0.05, 0.1) is 5.69 Å². The van der Waals surface area contributed by atoms with E-state index in [0.717, 1.165) is 38.0 Å². The van der Waals surface area contributed by atoms with Crippen molar-refractivity contribution in [2.45, 2.75) is 65.0 Å². The fourth-order valence-corrected chi connectivity index (χ4v) is 4.20. The zero-order valence-electron chi connectivity index (χ0n) is 14.0. The van der Waals surface area contributed by atoms with E-state index in [4.69, 9.17) is 4.52 Å². The van der Waals surface area contributed by atoms with Crippen molar-refractivity contribution in [2.75, 3.05) is 19.6 Å². The number of hydrogen-bond acceptors (Lipinski definition) is 4. The molecule has 0 aromatic carbocycles. The highest BCUT2D eigenvalue weighted by atomic mass is 16.5. The van der Waals surface area contributed by atoms with Gasteiger partial charge in [0.25, 0.3) is 5.91 Å². The van der Waals surface area contributed by atoms with Crippen LogP contribution in [0.15, 0.2) is 4.52 Å². The summed E-state index contributed by atoms with van der Waals surface area (Å²) in [5.74, 6) is 0.785. The summed E-state index contributed by atoms with van der Waals surface area (Å²) in [5.41, 5.74) is 1.50. The topological polar surface area (TPSA) is 49.6 Å². The van der Waals surface area contributed by atoms with E-state index in [1.54, 1.807) is 0 Å². The standard InChI is InChI=1S/C17H27N3O2/c1-4-13-16(12(3)22-18-13)17(21)20-11-7-9-15(20)14-8-6-10-19(14)5-2/h14-15H,4-11H2,1-3H3/t14-,15+/m0/s1. The summed E-state index contributed by atoms with van der Waals surface area (Å²) in [6, 6.07) is 0.885. The predicted octanol–water partition coefficient (Wildman–Crippen LogP) is 2.63. The lowest BCUT2D eigenvalue weighted by atomic mass is 10.0. The number of aryl methyl sites for hydroxylation is 2. The van der Waals surface area contributed by atoms with Gasteiger partial charge in [0.2, 0.25) is 0 Å². The van der Waals surface area contributed by atoms with E-state index >= 15 is 0 Å². The Hall–Kier alpha value is -1.36. The van der Waals surface area contributed by atoms with E-state index in [2.05, 4.69) is 21.9 Å². The maximum Gasteiger partial charge on any atom is 0.259 e. The van der Waals surface area contributed by atoms with Crippen LogP contribution in [0.4, 0.5) is 0 Å². The first-order valence-corrected chi connectivity index (χ1v) is 8.67. The normalized spacial score (nSPS) is 26.0. The average Bonchev–Trinajstić information content (AvgIpc) is 3.24. The Bertz CT molecular complexity index is 540. The molecule has 2 atom stereocenters. The summed E-state index contributed by atoms with van der Waals surface area (Å²) < 4.78 is 5.26. The lowest BCUT2D eigenvalue weighted by Gasteiger charge is -2.34. The Morgan fingerprint density at radius 1 is 1.23 bits per heavy atom. The number of carbonyl (C=O) groups excluding carboxylic acids is 1. The van der Waals surface area contributed by atoms with Crippen LogP contribution in [-0.4, -0.2) is 52.6 Å². The molecule has 3 rings (SSSR count). The minimum atomic E-state index is 0.126. The quantitative estimate of drug-likeness (QED) is 0.858. The fourth-order valence-electron chi connectivity index (χ4n) is 4.20. The van der Waals surface area contributed by atoms with Gasteiger partial charge in [0, 0.05) is 18.6 Å². The molecule has 5 nitrogen and oxygen atoms in total. The van der Waals surface area contributed by atoms with Crippen LogP contribution in [-0.2, 0) is 6.42 Å². The summed E-state index contributed by atoms with van der Waals surface area (Å²) >= 11 is 0. The molecule has 0 aliphatic carbocycles. The van der Waals surface area contributed by atoms with Crippen molar-refractivity contribution < 1.29 is 9.32 Å². The van der Waals surface area contributed by atoms with Gasteiger partial charge in [-0.2, -0.15) is 0 Å². The third-order valence-corrected chi connectivity index (χ3v) is 5.31. The molecule has 0 spiro atoms. The molecule has 122 valence electrons. The highest BCUT2D eigenvalue weighted by Crippen LogP contribution is 2.31. The molecule has 1 aromatic rings. The third kappa shape index (κ3) is 2.56. The summed E-state index contributed by atoms with van der Waals surface area (Å²) in [6.07, 6.45) is 5.44. The number of likely N-dealkylation sites (tertiary alicyclic amines) is 2. The molecule has 2 aliphatic heterocycles. The van der Waals surface area contributed by atoms with Crippen LogP contribution in [0.5, 0.6) is 0 Å². The Morgan fingerprint density at radius 3 is 2.68 bits per heavy atom. The van der Waals surface area contributed by atoms with Gasteiger partial charge < -0.3 is 9.42 Å². The smallest absolute Gasteiger partial charge is 0.259 e. The minimum absolute atomic E-state index is 0.126. The maximum atomic E-state index is 13.1. The van der Waals surface area contributed by atoms with E-state index in [1.807, 2.05) is 13.8 Å². The van der Waals surface area contributed by atoms with Crippen molar-refractivity contribution in [2.24, 2.45) is 0 Å². The van der Waals surface area contributed by atoms with Crippen molar-refractivity contribution in [3.63, 3.8) is 0 Å². The zero-order valence-corrected chi connectivity index (χ0v) is 14.0. The average molecular weight is 305 g/mol. The molecule has 0 saturated carbocycles. The summed E-state index contributed by atoms with van der Waals surface area (Å²) in [7, 11) is 0. The zero-order chi connectivity index (χ0) is 15.7. The van der Waals surface area contributed by atoms with Crippen LogP contribution in [0, 0.1) is 6.92 Å². The molecule has 0 unspecified atom stereocenters. The lowest BCUT2D eigenvalue weighted by Crippen LogP contribution is -2.48. The first-order valence-electron chi connectivity index (χ1n) is 8.67. The van der Waals surface area contributed by atoms with Crippen LogP contribution < -0.4 is 0 Å². The molecule has 0 N–H and O–H groups in total. The van der Waals surface area contributed by atoms with Crippen LogP contribution in [0.2, 0.25) is 0 Å². The molecular formula is C17H27N3O2. The molecule has 2 saturated heterocycles. The van der Waals surface area contributed by atoms with Crippen LogP contribution in [0.3, 0.4) is 0 Å². The van der Waals surface area contributed by atoms with Gasteiger partial charge in [0.15, 0.2) is 0 Å². The van der Waals surface area contributed by atoms with Gasteiger partial charge in [-0.1, -0.05) is 19.0 Å². The van der Waals surface area contributed by atoms with Crippen LogP contribution in [0.1, 0.15) is 61.3 Å². The molecule has 5 heteroatoms. The number of hydrogen-bond donors (Lipinski definition) is 0. The summed E-state index contributed by atoms with van der Waals surface area (Å²) in [6.45, 7) is 9.20. The van der Waals surface area contributed by atoms with Crippen molar-refractivity contribution in [1.82, 2.24) is 15.0 Å². The van der Waals surface area contributed by atoms with Crippen LogP contribution in [0.25, 0.3) is 0 Å². The first kappa shape index (κ1) is 15.5. The Labute approximate surface area is 132 Å². The number of likely N-dealkylation sites (N-methyl/N-ethyl adjacent to an activating group) is 1. The molecule has 1 amide bonds. The van der Waals surface area contributed by atoms with E-state index in [9.17, 15) is 4.79 Å². The Kier molecular flexibility index (Phi) is 4.52. The molecule has 2 fully saturated rings. The van der Waals surface area contributed by atoms with E-state index in [-0.39, 0.29) is 5.91 Å². The number of nitrogens with zero attached hydrogens (tertiary/aromatic N) is 3. The Balaban J connectivity index is 1.83. The second kappa shape index (κ2) is 6.41. The molecule has 0 radical (unpaired) electrons. The summed E-state index contributed by atoms with van der Waals surface area (Å²) in [4.78, 5) is 17.7. The van der Waals surface area contributed by atoms with Crippen LogP contribution >= 0.6 is 0 Å². The first-order chi connectivity index (χ1) is 10.7. The second-order valence-electron chi connectivity index (χ2n) is 6.46. The number of amides is 1. The van der Waals surface area contributed by atoms with Gasteiger partial charge in [-0.3, -0.25) is 9.69 Å². The van der Waals surface area contributed by atoms with Crippen molar-refractivity contribution >= 4 is 5.91 Å². The molecule has 3 heterocycles. The number of aromatic nitrogens is 1. The molecule has 22 heavy (non-hydrogen) atoms. The second-order valence-corrected chi connectivity index (χ2v) is 6.46. The maximum absolute atomic E-state index is 13.1. The minimum Gasteiger partial charge on any atom is -0.361 e. The molecule has 2 aliphatic rings. The molecule has 1 aromatic heterocycles. The van der Waals surface area contributed by atoms with Gasteiger partial charge >= 0.3 is 0 Å². The van der Waals surface area contributed by atoms with E-state index in [1.165, 1.54) is 19.4 Å². The molecular weight excluding hydrogens is 278 g/mol. The largest absolute Gasteiger partial charge is 0.361 e. The number of rotatable bonds is 4. The van der Waals surface area contributed by atoms with Gasteiger partial charge in [-0.05, 0) is 52.1 Å². The third-order valence-electron chi connectivity index (χ3n) is 5.31. The monoisotopic (exact) mass is 305 g/mol. The van der Waals surface area contributed by atoms with Gasteiger partial charge in [-0.25, -0.2) is 0 Å².